The van der Waals surface area contributed by atoms with Crippen molar-refractivity contribution in [2.24, 2.45) is 5.92 Å². The van der Waals surface area contributed by atoms with Gasteiger partial charge in [-0.3, -0.25) is 19.3 Å². The Labute approximate surface area is 153 Å². The lowest BCUT2D eigenvalue weighted by Crippen LogP contribution is -2.39. The molecule has 7 heteroatoms. The summed E-state index contributed by atoms with van der Waals surface area (Å²) >= 11 is 0. The molecule has 3 amide bonds. The lowest BCUT2D eigenvalue weighted by molar-refractivity contribution is -0.124. The van der Waals surface area contributed by atoms with E-state index in [1.807, 2.05) is 0 Å². The number of carbonyl (C=O) groups excluding carboxylic acids is 3. The van der Waals surface area contributed by atoms with E-state index in [9.17, 15) is 14.4 Å². The number of hydrogen-bond acceptors (Lipinski definition) is 4. The van der Waals surface area contributed by atoms with Crippen molar-refractivity contribution in [2.45, 2.75) is 38.6 Å². The number of anilines is 2. The van der Waals surface area contributed by atoms with E-state index in [0.29, 0.717) is 24.3 Å². The Morgan fingerprint density at radius 1 is 1.19 bits per heavy atom. The van der Waals surface area contributed by atoms with Crippen LogP contribution in [0, 0.1) is 5.92 Å². The maximum absolute atomic E-state index is 12.3. The largest absolute Gasteiger partial charge is 0.352 e. The summed E-state index contributed by atoms with van der Waals surface area (Å²) in [5.41, 5.74) is 1.31. The van der Waals surface area contributed by atoms with Gasteiger partial charge in [-0.05, 0) is 31.0 Å². The summed E-state index contributed by atoms with van der Waals surface area (Å²) in [5.74, 6) is -0.0175. The van der Waals surface area contributed by atoms with Crippen LogP contribution in [-0.2, 0) is 14.4 Å². The number of nitrogens with one attached hydrogen (secondary N) is 3. The van der Waals surface area contributed by atoms with E-state index in [1.54, 1.807) is 24.3 Å². The lowest BCUT2D eigenvalue weighted by Gasteiger charge is -2.27. The van der Waals surface area contributed by atoms with Crippen LogP contribution >= 0.6 is 0 Å². The van der Waals surface area contributed by atoms with Crippen LogP contribution in [0.4, 0.5) is 11.4 Å². The molecule has 0 aromatic heterocycles. The number of rotatable bonds is 5. The molecule has 2 atom stereocenters. The summed E-state index contributed by atoms with van der Waals surface area (Å²) in [4.78, 5) is 37.7. The van der Waals surface area contributed by atoms with Gasteiger partial charge in [-0.1, -0.05) is 12.5 Å². The van der Waals surface area contributed by atoms with Gasteiger partial charge in [0.1, 0.15) is 0 Å². The normalized spacial score (nSPS) is 22.9. The Kier molecular flexibility index (Phi) is 5.88. The highest BCUT2D eigenvalue weighted by Gasteiger charge is 2.32. The van der Waals surface area contributed by atoms with Gasteiger partial charge in [0.2, 0.25) is 17.7 Å². The molecule has 0 saturated carbocycles. The molecule has 2 fully saturated rings. The average molecular weight is 358 g/mol. The van der Waals surface area contributed by atoms with Gasteiger partial charge in [0.05, 0.1) is 5.92 Å². The second-order valence-corrected chi connectivity index (χ2v) is 7.15. The van der Waals surface area contributed by atoms with Crippen molar-refractivity contribution in [3.8, 4) is 0 Å². The average Bonchev–Trinajstić information content (AvgIpc) is 2.81. The molecule has 2 heterocycles. The van der Waals surface area contributed by atoms with Gasteiger partial charge >= 0.3 is 0 Å². The predicted octanol–water partition coefficient (Wildman–Crippen LogP) is 1.57. The Morgan fingerprint density at radius 3 is 2.73 bits per heavy atom. The summed E-state index contributed by atoms with van der Waals surface area (Å²) < 4.78 is 0. The van der Waals surface area contributed by atoms with Crippen LogP contribution in [0.5, 0.6) is 0 Å². The molecule has 0 spiro atoms. The topological polar surface area (TPSA) is 90.5 Å². The molecular formula is C19H26N4O3. The summed E-state index contributed by atoms with van der Waals surface area (Å²) in [6.45, 7) is 3.63. The van der Waals surface area contributed by atoms with Crippen LogP contribution in [0.15, 0.2) is 24.3 Å². The molecule has 2 saturated heterocycles. The van der Waals surface area contributed by atoms with Crippen LogP contribution in [0.3, 0.4) is 0 Å². The van der Waals surface area contributed by atoms with E-state index in [1.165, 1.54) is 6.92 Å². The standard InChI is InChI=1S/C19H26N4O3/c1-13(24)20-15-5-3-6-16(10-15)21-18(25)8-9-23-11-14-4-2-7-17(12-23)22-19(14)26/h3,5-6,10,14,17H,2,4,7-9,11-12H2,1H3,(H,20,24)(H,21,25)(H,22,26)/t14-,17+/m0/s1. The van der Waals surface area contributed by atoms with Gasteiger partial charge < -0.3 is 16.0 Å². The van der Waals surface area contributed by atoms with Crippen molar-refractivity contribution >= 4 is 29.1 Å². The minimum atomic E-state index is -0.150. The predicted molar refractivity (Wildman–Crippen MR) is 99.7 cm³/mol. The number of likely N-dealkylation sites (tertiary alicyclic amines) is 1. The molecule has 2 aliphatic rings. The van der Waals surface area contributed by atoms with E-state index in [0.717, 1.165) is 32.4 Å². The van der Waals surface area contributed by atoms with Gasteiger partial charge in [0, 0.05) is 50.4 Å². The summed E-state index contributed by atoms with van der Waals surface area (Å²) in [6.07, 6.45) is 3.41. The minimum absolute atomic E-state index is 0.0416. The fourth-order valence-corrected chi connectivity index (χ4v) is 3.69. The van der Waals surface area contributed by atoms with Crippen LogP contribution in [0.25, 0.3) is 0 Å². The Balaban J connectivity index is 1.51. The molecule has 1 aromatic carbocycles. The first-order chi connectivity index (χ1) is 12.5. The zero-order chi connectivity index (χ0) is 18.5. The van der Waals surface area contributed by atoms with Crippen LogP contribution in [0.2, 0.25) is 0 Å². The summed E-state index contributed by atoms with van der Waals surface area (Å²) in [5, 5.41) is 8.67. The highest BCUT2D eigenvalue weighted by molar-refractivity contribution is 5.93. The first-order valence-corrected chi connectivity index (χ1v) is 9.20. The molecule has 0 aliphatic carbocycles. The van der Waals surface area contributed by atoms with Crippen molar-refractivity contribution in [1.29, 1.82) is 0 Å². The zero-order valence-corrected chi connectivity index (χ0v) is 15.1. The number of benzene rings is 1. The molecule has 3 rings (SSSR count). The zero-order valence-electron chi connectivity index (χ0n) is 15.1. The van der Waals surface area contributed by atoms with Crippen LogP contribution < -0.4 is 16.0 Å². The Bertz CT molecular complexity index is 691. The number of hydrogen-bond donors (Lipinski definition) is 3. The molecule has 2 aliphatic heterocycles. The van der Waals surface area contributed by atoms with Crippen molar-refractivity contribution in [2.75, 3.05) is 30.3 Å². The van der Waals surface area contributed by atoms with Crippen molar-refractivity contribution < 1.29 is 14.4 Å². The summed E-state index contributed by atoms with van der Waals surface area (Å²) in [6, 6.07) is 7.29. The highest BCUT2D eigenvalue weighted by atomic mass is 16.2. The van der Waals surface area contributed by atoms with E-state index in [4.69, 9.17) is 0 Å². The Hall–Kier alpha value is -2.41. The fraction of sp³-hybridized carbons (Fsp3) is 0.526. The van der Waals surface area contributed by atoms with Gasteiger partial charge in [-0.15, -0.1) is 0 Å². The second-order valence-electron chi connectivity index (χ2n) is 7.15. The van der Waals surface area contributed by atoms with Crippen molar-refractivity contribution in [3.05, 3.63) is 24.3 Å². The maximum atomic E-state index is 12.3. The molecule has 1 aromatic rings. The molecule has 2 bridgehead atoms. The van der Waals surface area contributed by atoms with Gasteiger partial charge in [-0.25, -0.2) is 0 Å². The smallest absolute Gasteiger partial charge is 0.225 e. The quantitative estimate of drug-likeness (QED) is 0.745. The van der Waals surface area contributed by atoms with E-state index in [2.05, 4.69) is 20.9 Å². The Morgan fingerprint density at radius 2 is 1.96 bits per heavy atom. The molecule has 7 nitrogen and oxygen atoms in total. The van der Waals surface area contributed by atoms with Gasteiger partial charge in [0.15, 0.2) is 0 Å². The van der Waals surface area contributed by atoms with E-state index in [-0.39, 0.29) is 29.7 Å². The molecule has 0 unspecified atom stereocenters. The minimum Gasteiger partial charge on any atom is -0.352 e. The SMILES string of the molecule is CC(=O)Nc1cccc(NC(=O)CCN2C[C@H]3CCC[C@@H](C2)C(=O)N3)c1. The van der Waals surface area contributed by atoms with E-state index >= 15 is 0 Å². The third-order valence-corrected chi connectivity index (χ3v) is 4.90. The third kappa shape index (κ3) is 5.05. The number of nitrogens with zero attached hydrogens (tertiary/aromatic N) is 1. The molecule has 140 valence electrons. The monoisotopic (exact) mass is 358 g/mol. The lowest BCUT2D eigenvalue weighted by atomic mass is 9.99. The van der Waals surface area contributed by atoms with E-state index < -0.39 is 0 Å². The van der Waals surface area contributed by atoms with Gasteiger partial charge in [-0.2, -0.15) is 0 Å². The van der Waals surface area contributed by atoms with Crippen LogP contribution in [0.1, 0.15) is 32.6 Å². The second kappa shape index (κ2) is 8.31. The first-order valence-electron chi connectivity index (χ1n) is 9.20. The fourth-order valence-electron chi connectivity index (χ4n) is 3.69. The maximum Gasteiger partial charge on any atom is 0.225 e. The first kappa shape index (κ1) is 18.4. The number of fused-ring (bicyclic) bond motifs is 3. The third-order valence-electron chi connectivity index (χ3n) is 4.90. The number of amides is 3. The summed E-state index contributed by atoms with van der Waals surface area (Å²) in [7, 11) is 0. The highest BCUT2D eigenvalue weighted by Crippen LogP contribution is 2.22. The molecule has 26 heavy (non-hydrogen) atoms. The van der Waals surface area contributed by atoms with Crippen molar-refractivity contribution in [1.82, 2.24) is 10.2 Å². The van der Waals surface area contributed by atoms with Crippen LogP contribution in [-0.4, -0.2) is 48.3 Å². The van der Waals surface area contributed by atoms with Crippen molar-refractivity contribution in [3.63, 3.8) is 0 Å². The molecular weight excluding hydrogens is 332 g/mol. The molecule has 3 N–H and O–H groups in total. The number of carbonyl (C=O) groups is 3. The van der Waals surface area contributed by atoms with Gasteiger partial charge in [0.25, 0.3) is 0 Å². The molecule has 0 radical (unpaired) electrons.